The lowest BCUT2D eigenvalue weighted by atomic mass is 10.2. The Hall–Kier alpha value is -1.91. The van der Waals surface area contributed by atoms with Crippen molar-refractivity contribution < 1.29 is 8.78 Å². The summed E-state index contributed by atoms with van der Waals surface area (Å²) in [6.45, 7) is 5.36. The van der Waals surface area contributed by atoms with E-state index < -0.39 is 11.6 Å². The van der Waals surface area contributed by atoms with Crippen molar-refractivity contribution in [3.05, 3.63) is 47.3 Å². The van der Waals surface area contributed by atoms with E-state index in [1.807, 2.05) is 18.5 Å². The van der Waals surface area contributed by atoms with Crippen molar-refractivity contribution in [3.63, 3.8) is 0 Å². The van der Waals surface area contributed by atoms with Crippen LogP contribution in [-0.2, 0) is 13.1 Å². The summed E-state index contributed by atoms with van der Waals surface area (Å²) in [5.41, 5.74) is 2.67. The monoisotopic (exact) mass is 251 g/mol. The van der Waals surface area contributed by atoms with Gasteiger partial charge in [-0.05, 0) is 26.0 Å². The predicted octanol–water partition coefficient (Wildman–Crippen LogP) is 3.10. The molecular formula is C13H15F2N3. The number of hydrogen-bond donors (Lipinski definition) is 1. The highest BCUT2D eigenvalue weighted by Gasteiger charge is 2.06. The number of benzene rings is 1. The molecule has 1 aromatic heterocycles. The van der Waals surface area contributed by atoms with Gasteiger partial charge in [0.25, 0.3) is 0 Å². The van der Waals surface area contributed by atoms with Crippen LogP contribution in [0.3, 0.4) is 0 Å². The average molecular weight is 251 g/mol. The molecule has 0 aliphatic heterocycles. The van der Waals surface area contributed by atoms with Crippen LogP contribution >= 0.6 is 0 Å². The molecule has 1 aromatic carbocycles. The van der Waals surface area contributed by atoms with Gasteiger partial charge in [0.15, 0.2) is 11.6 Å². The smallest absolute Gasteiger partial charge is 0.160 e. The van der Waals surface area contributed by atoms with Crippen molar-refractivity contribution in [1.82, 2.24) is 9.78 Å². The lowest BCUT2D eigenvalue weighted by Gasteiger charge is -2.07. The Morgan fingerprint density at radius 3 is 2.67 bits per heavy atom. The highest BCUT2D eigenvalue weighted by atomic mass is 19.2. The molecule has 0 saturated heterocycles. The van der Waals surface area contributed by atoms with Crippen LogP contribution < -0.4 is 5.32 Å². The van der Waals surface area contributed by atoms with Gasteiger partial charge in [-0.25, -0.2) is 8.78 Å². The second kappa shape index (κ2) is 5.16. The Labute approximate surface area is 104 Å². The zero-order valence-corrected chi connectivity index (χ0v) is 10.4. The van der Waals surface area contributed by atoms with Crippen molar-refractivity contribution in [2.45, 2.75) is 26.9 Å². The summed E-state index contributed by atoms with van der Waals surface area (Å²) in [6, 6.07) is 3.77. The number of aryl methyl sites for hydroxylation is 1. The number of anilines is 1. The minimum atomic E-state index is -0.846. The number of hydrogen-bond acceptors (Lipinski definition) is 2. The van der Waals surface area contributed by atoms with Gasteiger partial charge in [0.05, 0.1) is 6.20 Å². The van der Waals surface area contributed by atoms with Crippen LogP contribution in [0.5, 0.6) is 0 Å². The van der Waals surface area contributed by atoms with Crippen LogP contribution in [0.25, 0.3) is 0 Å². The predicted molar refractivity (Wildman–Crippen MR) is 66.3 cm³/mol. The van der Waals surface area contributed by atoms with Crippen LogP contribution in [0.2, 0.25) is 0 Å². The number of nitrogens with one attached hydrogen (secondary N) is 1. The second-order valence-electron chi connectivity index (χ2n) is 4.05. The molecule has 0 fully saturated rings. The minimum Gasteiger partial charge on any atom is -0.381 e. The molecule has 0 saturated carbocycles. The molecule has 0 atom stereocenters. The highest BCUT2D eigenvalue weighted by Crippen LogP contribution is 2.15. The maximum atomic E-state index is 13.0. The van der Waals surface area contributed by atoms with E-state index in [1.54, 1.807) is 6.20 Å². The molecule has 2 rings (SSSR count). The second-order valence-corrected chi connectivity index (χ2v) is 4.05. The summed E-state index contributed by atoms with van der Waals surface area (Å²) in [5.74, 6) is -1.68. The number of aromatic nitrogens is 2. The van der Waals surface area contributed by atoms with Gasteiger partial charge in [-0.2, -0.15) is 5.10 Å². The molecule has 3 nitrogen and oxygen atoms in total. The first kappa shape index (κ1) is 12.5. The van der Waals surface area contributed by atoms with E-state index in [9.17, 15) is 8.78 Å². The minimum absolute atomic E-state index is 0.539. The molecule has 0 radical (unpaired) electrons. The van der Waals surface area contributed by atoms with Crippen molar-refractivity contribution >= 4 is 5.69 Å². The van der Waals surface area contributed by atoms with E-state index in [0.717, 1.165) is 29.9 Å². The van der Waals surface area contributed by atoms with E-state index in [0.29, 0.717) is 12.2 Å². The quantitative estimate of drug-likeness (QED) is 0.904. The van der Waals surface area contributed by atoms with Gasteiger partial charge >= 0.3 is 0 Å². The summed E-state index contributed by atoms with van der Waals surface area (Å²) < 4.78 is 27.7. The Morgan fingerprint density at radius 1 is 1.28 bits per heavy atom. The van der Waals surface area contributed by atoms with Gasteiger partial charge in [0, 0.05) is 36.1 Å². The third-order valence-electron chi connectivity index (χ3n) is 2.91. The van der Waals surface area contributed by atoms with Crippen LogP contribution in [0.1, 0.15) is 18.2 Å². The van der Waals surface area contributed by atoms with Gasteiger partial charge < -0.3 is 5.32 Å². The van der Waals surface area contributed by atoms with Gasteiger partial charge in [-0.3, -0.25) is 4.68 Å². The first-order chi connectivity index (χ1) is 8.61. The van der Waals surface area contributed by atoms with Crippen LogP contribution in [0, 0.1) is 18.6 Å². The molecule has 1 N–H and O–H groups in total. The average Bonchev–Trinajstić information content (AvgIpc) is 2.72. The largest absolute Gasteiger partial charge is 0.381 e. The molecule has 18 heavy (non-hydrogen) atoms. The molecule has 0 aliphatic rings. The molecule has 0 aliphatic carbocycles. The lowest BCUT2D eigenvalue weighted by molar-refractivity contribution is 0.509. The maximum Gasteiger partial charge on any atom is 0.160 e. The van der Waals surface area contributed by atoms with Gasteiger partial charge in [-0.1, -0.05) is 0 Å². The third-order valence-corrected chi connectivity index (χ3v) is 2.91. The summed E-state index contributed by atoms with van der Waals surface area (Å²) in [5, 5.41) is 7.27. The van der Waals surface area contributed by atoms with Crippen LogP contribution in [-0.4, -0.2) is 9.78 Å². The van der Waals surface area contributed by atoms with Crippen LogP contribution in [0.4, 0.5) is 14.5 Å². The molecule has 0 bridgehead atoms. The normalized spacial score (nSPS) is 10.7. The molecule has 0 amide bonds. The third kappa shape index (κ3) is 2.50. The van der Waals surface area contributed by atoms with E-state index in [1.165, 1.54) is 6.07 Å². The Bertz CT molecular complexity index is 549. The lowest BCUT2D eigenvalue weighted by Crippen LogP contribution is -2.03. The van der Waals surface area contributed by atoms with Crippen molar-refractivity contribution in [2.75, 3.05) is 5.32 Å². The molecule has 5 heteroatoms. The van der Waals surface area contributed by atoms with Gasteiger partial charge in [0.1, 0.15) is 0 Å². The fourth-order valence-corrected chi connectivity index (χ4v) is 1.78. The maximum absolute atomic E-state index is 13.0. The topological polar surface area (TPSA) is 29.9 Å². The molecule has 2 aromatic rings. The number of halogens is 2. The zero-order valence-electron chi connectivity index (χ0n) is 10.4. The van der Waals surface area contributed by atoms with Crippen molar-refractivity contribution in [2.24, 2.45) is 0 Å². The molecule has 0 unspecified atom stereocenters. The van der Waals surface area contributed by atoms with Crippen molar-refractivity contribution in [3.8, 4) is 0 Å². The fraction of sp³-hybridized carbons (Fsp3) is 0.308. The molecule has 1 heterocycles. The number of rotatable bonds is 4. The molecule has 96 valence electrons. The Kier molecular flexibility index (Phi) is 3.60. The Balaban J connectivity index is 2.06. The highest BCUT2D eigenvalue weighted by molar-refractivity contribution is 5.44. The molecule has 0 spiro atoms. The van der Waals surface area contributed by atoms with Crippen molar-refractivity contribution in [1.29, 1.82) is 0 Å². The van der Waals surface area contributed by atoms with E-state index >= 15 is 0 Å². The first-order valence-corrected chi connectivity index (χ1v) is 5.82. The first-order valence-electron chi connectivity index (χ1n) is 5.82. The fourth-order valence-electron chi connectivity index (χ4n) is 1.78. The Morgan fingerprint density at radius 2 is 2.06 bits per heavy atom. The van der Waals surface area contributed by atoms with Gasteiger partial charge in [0.2, 0.25) is 0 Å². The SMILES string of the molecule is CCn1ncc(CNc2ccc(F)c(F)c2)c1C. The van der Waals surface area contributed by atoms with Gasteiger partial charge in [-0.15, -0.1) is 0 Å². The summed E-state index contributed by atoms with van der Waals surface area (Å²) in [6.07, 6.45) is 1.78. The zero-order chi connectivity index (χ0) is 13.1. The van der Waals surface area contributed by atoms with Crippen LogP contribution in [0.15, 0.2) is 24.4 Å². The van der Waals surface area contributed by atoms with E-state index in [-0.39, 0.29) is 0 Å². The van der Waals surface area contributed by atoms with E-state index in [4.69, 9.17) is 0 Å². The summed E-state index contributed by atoms with van der Waals surface area (Å²) in [4.78, 5) is 0. The summed E-state index contributed by atoms with van der Waals surface area (Å²) >= 11 is 0. The van der Waals surface area contributed by atoms with E-state index in [2.05, 4.69) is 10.4 Å². The standard InChI is InChI=1S/C13H15F2N3/c1-3-18-9(2)10(8-17-18)7-16-11-4-5-12(14)13(15)6-11/h4-6,8,16H,3,7H2,1-2H3. The summed E-state index contributed by atoms with van der Waals surface area (Å²) in [7, 11) is 0. The molecular weight excluding hydrogens is 236 g/mol. The number of nitrogens with zero attached hydrogens (tertiary/aromatic N) is 2.